The van der Waals surface area contributed by atoms with Crippen molar-refractivity contribution >= 4 is 34.8 Å². The summed E-state index contributed by atoms with van der Waals surface area (Å²) >= 11 is 1.55. The minimum absolute atomic E-state index is 0.0149. The average molecular weight is 521 g/mol. The number of likely N-dealkylation sites (N-methyl/N-ethyl adjacent to an activating group) is 1. The molecule has 1 amide bonds. The highest BCUT2D eigenvalue weighted by Gasteiger charge is 2.36. The Hall–Kier alpha value is -3.11. The van der Waals surface area contributed by atoms with Crippen LogP contribution in [0.3, 0.4) is 0 Å². The molecule has 10 heteroatoms. The number of carbonyl (C=O) groups excluding carboxylic acids is 1. The van der Waals surface area contributed by atoms with E-state index in [-0.39, 0.29) is 16.7 Å². The van der Waals surface area contributed by atoms with E-state index in [0.29, 0.717) is 23.1 Å². The van der Waals surface area contributed by atoms with Gasteiger partial charge >= 0.3 is 0 Å². The lowest BCUT2D eigenvalue weighted by Crippen LogP contribution is -2.35. The van der Waals surface area contributed by atoms with Gasteiger partial charge in [-0.25, -0.2) is 9.97 Å². The number of amides is 1. The average Bonchev–Trinajstić information content (AvgIpc) is 3.57. The molecule has 0 radical (unpaired) electrons. The fraction of sp³-hybridized carbons (Fsp3) is 0.481. The third kappa shape index (κ3) is 5.04. The predicted octanol–water partition coefficient (Wildman–Crippen LogP) is 3.72. The predicted molar refractivity (Wildman–Crippen MR) is 150 cm³/mol. The molecule has 2 unspecified atom stereocenters. The second-order valence-electron chi connectivity index (χ2n) is 11.3. The number of nitrogens with one attached hydrogen (secondary N) is 1. The number of benzene rings is 1. The zero-order chi connectivity index (χ0) is 26.5. The van der Waals surface area contributed by atoms with Crippen molar-refractivity contribution in [3.05, 3.63) is 46.8 Å². The van der Waals surface area contributed by atoms with E-state index in [1.807, 2.05) is 6.20 Å². The molecule has 0 saturated carbocycles. The molecule has 0 aliphatic carbocycles. The summed E-state index contributed by atoms with van der Waals surface area (Å²) in [5.41, 5.74) is 11.4. The third-order valence-electron chi connectivity index (χ3n) is 7.24. The number of anilines is 1. The number of H-pyrrole nitrogens is 1. The number of nitrogens with zero attached hydrogens (tertiary/aromatic N) is 6. The second-order valence-corrected chi connectivity index (χ2v) is 12.5. The summed E-state index contributed by atoms with van der Waals surface area (Å²) in [6.45, 7) is 11.3. The summed E-state index contributed by atoms with van der Waals surface area (Å²) in [5.74, 6) is 0.484. The molecule has 4 heterocycles. The van der Waals surface area contributed by atoms with E-state index in [0.717, 1.165) is 47.8 Å². The molecule has 1 fully saturated rings. The Morgan fingerprint density at radius 2 is 2.05 bits per heavy atom. The van der Waals surface area contributed by atoms with Crippen molar-refractivity contribution in [2.24, 2.45) is 11.1 Å². The molecule has 3 N–H and O–H groups in total. The number of hydrogen-bond donors (Lipinski definition) is 2. The number of carbonyl (C=O) groups is 1. The molecule has 2 atom stereocenters. The lowest BCUT2D eigenvalue weighted by molar-refractivity contribution is -0.113. The van der Waals surface area contributed by atoms with Crippen molar-refractivity contribution in [3.63, 3.8) is 0 Å². The number of nitrogens with two attached hydrogens (primary N) is 1. The van der Waals surface area contributed by atoms with Crippen molar-refractivity contribution in [2.45, 2.75) is 52.1 Å². The van der Waals surface area contributed by atoms with E-state index >= 15 is 0 Å². The van der Waals surface area contributed by atoms with Crippen LogP contribution >= 0.6 is 11.8 Å². The second kappa shape index (κ2) is 9.64. The van der Waals surface area contributed by atoms with Gasteiger partial charge in [-0.1, -0.05) is 44.7 Å². The van der Waals surface area contributed by atoms with Gasteiger partial charge in [0.05, 0.1) is 16.0 Å². The molecule has 2 aliphatic heterocycles. The summed E-state index contributed by atoms with van der Waals surface area (Å²) in [6.07, 6.45) is 4.62. The summed E-state index contributed by atoms with van der Waals surface area (Å²) < 4.78 is 0. The zero-order valence-electron chi connectivity index (χ0n) is 22.4. The van der Waals surface area contributed by atoms with E-state index in [4.69, 9.17) is 10.7 Å². The van der Waals surface area contributed by atoms with Gasteiger partial charge < -0.3 is 25.4 Å². The Morgan fingerprint density at radius 3 is 2.70 bits per heavy atom. The summed E-state index contributed by atoms with van der Waals surface area (Å²) in [5, 5.41) is 0.136. The Kier molecular flexibility index (Phi) is 6.66. The summed E-state index contributed by atoms with van der Waals surface area (Å²) in [4.78, 5) is 36.6. The van der Waals surface area contributed by atoms with E-state index in [2.05, 4.69) is 89.6 Å². The Labute approximate surface area is 222 Å². The van der Waals surface area contributed by atoms with Crippen LogP contribution in [0.15, 0.2) is 35.6 Å². The monoisotopic (exact) mass is 520 g/mol. The van der Waals surface area contributed by atoms with Crippen LogP contribution < -0.4 is 10.6 Å². The fourth-order valence-corrected chi connectivity index (χ4v) is 6.30. The SMILES string of the molecule is Cc1cc(-c2ncnc3nc(N4CCC(N(C)C)C4)[nH]c23)ccc1CN1C=C(C(N)=O)SC1C(C)(C)C. The topological polar surface area (TPSA) is 107 Å². The molecule has 1 aromatic carbocycles. The third-order valence-corrected chi connectivity index (χ3v) is 9.01. The Balaban J connectivity index is 1.41. The van der Waals surface area contributed by atoms with Crippen molar-refractivity contribution < 1.29 is 4.79 Å². The molecular formula is C27H36N8OS. The highest BCUT2D eigenvalue weighted by molar-refractivity contribution is 8.04. The van der Waals surface area contributed by atoms with Crippen LogP contribution in [0.1, 0.15) is 38.3 Å². The van der Waals surface area contributed by atoms with Gasteiger partial charge in [0.1, 0.15) is 11.8 Å². The molecule has 37 heavy (non-hydrogen) atoms. The number of aromatic amines is 1. The number of thioether (sulfide) groups is 1. The van der Waals surface area contributed by atoms with Gasteiger partial charge in [-0.15, -0.1) is 0 Å². The molecule has 196 valence electrons. The zero-order valence-corrected chi connectivity index (χ0v) is 23.3. The van der Waals surface area contributed by atoms with Crippen LogP contribution in [-0.2, 0) is 11.3 Å². The first-order chi connectivity index (χ1) is 17.5. The first-order valence-electron chi connectivity index (χ1n) is 12.7. The number of hydrogen-bond acceptors (Lipinski definition) is 8. The quantitative estimate of drug-likeness (QED) is 0.507. The Morgan fingerprint density at radius 1 is 1.27 bits per heavy atom. The summed E-state index contributed by atoms with van der Waals surface area (Å²) in [6, 6.07) is 6.95. The normalized spacial score (nSPS) is 20.4. The van der Waals surface area contributed by atoms with Crippen LogP contribution in [0.25, 0.3) is 22.4 Å². The van der Waals surface area contributed by atoms with Gasteiger partial charge in [0, 0.05) is 37.4 Å². The van der Waals surface area contributed by atoms with Crippen molar-refractivity contribution in [1.82, 2.24) is 29.7 Å². The van der Waals surface area contributed by atoms with Gasteiger partial charge in [0.2, 0.25) is 5.95 Å². The first-order valence-corrected chi connectivity index (χ1v) is 13.5. The number of imidazole rings is 1. The van der Waals surface area contributed by atoms with Gasteiger partial charge in [0.25, 0.3) is 5.91 Å². The molecule has 1 saturated heterocycles. The van der Waals surface area contributed by atoms with Gasteiger partial charge in [-0.3, -0.25) is 4.79 Å². The minimum atomic E-state index is -0.369. The van der Waals surface area contributed by atoms with Gasteiger partial charge in [-0.2, -0.15) is 4.98 Å². The van der Waals surface area contributed by atoms with Crippen LogP contribution in [0.5, 0.6) is 0 Å². The maximum atomic E-state index is 11.9. The van der Waals surface area contributed by atoms with Crippen LogP contribution in [0, 0.1) is 12.3 Å². The lowest BCUT2D eigenvalue weighted by atomic mass is 9.95. The molecule has 2 aromatic heterocycles. The number of primary amides is 1. The van der Waals surface area contributed by atoms with E-state index in [1.54, 1.807) is 18.1 Å². The van der Waals surface area contributed by atoms with Crippen molar-refractivity contribution in [1.29, 1.82) is 0 Å². The molecule has 9 nitrogen and oxygen atoms in total. The van der Waals surface area contributed by atoms with Crippen LogP contribution in [-0.4, -0.2) is 74.2 Å². The standard InChI is InChI=1S/C27H36N8OS/c1-16-11-17(7-8-18(16)12-35-14-20(23(28)36)37-25(35)27(2,3)4)21-22-24(30-15-29-21)32-26(31-22)34-10-9-19(13-34)33(5)6/h7-8,11,14-15,19,25H,9-10,12-13H2,1-6H3,(H2,28,36)(H,29,30,31,32). The van der Waals surface area contributed by atoms with Gasteiger partial charge in [0.15, 0.2) is 5.65 Å². The first kappa shape index (κ1) is 25.5. The smallest absolute Gasteiger partial charge is 0.256 e. The van der Waals surface area contributed by atoms with Crippen LogP contribution in [0.4, 0.5) is 5.95 Å². The number of fused-ring (bicyclic) bond motifs is 1. The largest absolute Gasteiger partial charge is 0.365 e. The molecule has 0 spiro atoms. The highest BCUT2D eigenvalue weighted by Crippen LogP contribution is 2.43. The van der Waals surface area contributed by atoms with E-state index in [1.165, 1.54) is 5.56 Å². The fourth-order valence-electron chi connectivity index (χ4n) is 5.12. The number of rotatable bonds is 6. The Bertz CT molecular complexity index is 1360. The summed E-state index contributed by atoms with van der Waals surface area (Å²) in [7, 11) is 4.25. The molecular weight excluding hydrogens is 484 g/mol. The van der Waals surface area contributed by atoms with E-state index < -0.39 is 0 Å². The van der Waals surface area contributed by atoms with E-state index in [9.17, 15) is 4.79 Å². The highest BCUT2D eigenvalue weighted by atomic mass is 32.2. The maximum Gasteiger partial charge on any atom is 0.256 e. The molecule has 2 aliphatic rings. The minimum Gasteiger partial charge on any atom is -0.365 e. The van der Waals surface area contributed by atoms with Crippen molar-refractivity contribution in [3.8, 4) is 11.3 Å². The van der Waals surface area contributed by atoms with Crippen molar-refractivity contribution in [2.75, 3.05) is 32.1 Å². The molecule has 0 bridgehead atoms. The molecule has 3 aromatic rings. The number of aryl methyl sites for hydroxylation is 1. The van der Waals surface area contributed by atoms with Gasteiger partial charge in [-0.05, 0) is 50.0 Å². The maximum absolute atomic E-state index is 11.9. The number of aromatic nitrogens is 4. The lowest BCUT2D eigenvalue weighted by Gasteiger charge is -2.35. The molecule has 5 rings (SSSR count). The van der Waals surface area contributed by atoms with Crippen LogP contribution in [0.2, 0.25) is 0 Å².